The molecule has 0 aromatic rings. The van der Waals surface area contributed by atoms with Crippen molar-refractivity contribution in [2.45, 2.75) is 18.9 Å². The van der Waals surface area contributed by atoms with E-state index >= 15 is 0 Å². The van der Waals surface area contributed by atoms with Crippen molar-refractivity contribution in [1.29, 1.82) is 0 Å². The van der Waals surface area contributed by atoms with Crippen molar-refractivity contribution >= 4 is 5.97 Å². The average Bonchev–Trinajstić information content (AvgIpc) is 1.82. The second kappa shape index (κ2) is 4.29. The third-order valence-corrected chi connectivity index (χ3v) is 0.967. The van der Waals surface area contributed by atoms with Crippen molar-refractivity contribution in [2.75, 3.05) is 6.54 Å². The first-order valence-corrected chi connectivity index (χ1v) is 2.79. The summed E-state index contributed by atoms with van der Waals surface area (Å²) < 4.78 is 0. The predicted octanol–water partition coefficient (Wildman–Crippen LogP) is -0.829. The molecule has 0 fully saturated rings. The first kappa shape index (κ1) is 8.39. The number of hydrogen-bond donors (Lipinski definition) is 3. The van der Waals surface area contributed by atoms with Crippen molar-refractivity contribution < 1.29 is 15.0 Å². The van der Waals surface area contributed by atoms with Gasteiger partial charge in [0.2, 0.25) is 0 Å². The SMILES string of the molecule is NCCCC(O)C(=O)O. The minimum absolute atomic E-state index is 0.242. The number of aliphatic hydroxyl groups excluding tert-OH is 1. The minimum Gasteiger partial charge on any atom is -0.479 e. The molecule has 0 radical (unpaired) electrons. The Hall–Kier alpha value is -0.610. The Labute approximate surface area is 53.3 Å². The standard InChI is InChI=1S/C5H11NO3/c6-3-1-2-4(7)5(8)9/h4,7H,1-3,6H2,(H,8,9). The lowest BCUT2D eigenvalue weighted by molar-refractivity contribution is -0.146. The van der Waals surface area contributed by atoms with Gasteiger partial charge in [-0.15, -0.1) is 0 Å². The van der Waals surface area contributed by atoms with Gasteiger partial charge in [0.05, 0.1) is 0 Å². The largest absolute Gasteiger partial charge is 0.479 e. The maximum atomic E-state index is 9.91. The highest BCUT2D eigenvalue weighted by atomic mass is 16.4. The van der Waals surface area contributed by atoms with Crippen LogP contribution >= 0.6 is 0 Å². The molecule has 1 unspecified atom stereocenters. The summed E-state index contributed by atoms with van der Waals surface area (Å²) in [7, 11) is 0. The van der Waals surface area contributed by atoms with Gasteiger partial charge in [-0.2, -0.15) is 0 Å². The lowest BCUT2D eigenvalue weighted by Crippen LogP contribution is -2.20. The van der Waals surface area contributed by atoms with E-state index in [4.69, 9.17) is 15.9 Å². The Bertz CT molecular complexity index is 94.2. The monoisotopic (exact) mass is 133 g/mol. The molecule has 0 aliphatic heterocycles. The average molecular weight is 133 g/mol. The molecular formula is C5H11NO3. The molecule has 0 aliphatic carbocycles. The second-order valence-electron chi connectivity index (χ2n) is 1.78. The Kier molecular flexibility index (Phi) is 4.00. The predicted molar refractivity (Wildman–Crippen MR) is 31.9 cm³/mol. The smallest absolute Gasteiger partial charge is 0.332 e. The highest BCUT2D eigenvalue weighted by molar-refractivity contribution is 5.71. The van der Waals surface area contributed by atoms with E-state index in [0.29, 0.717) is 13.0 Å². The van der Waals surface area contributed by atoms with Gasteiger partial charge >= 0.3 is 5.97 Å². The summed E-state index contributed by atoms with van der Waals surface area (Å²) >= 11 is 0. The molecule has 54 valence electrons. The molecule has 0 aliphatic rings. The van der Waals surface area contributed by atoms with E-state index in [1.807, 2.05) is 0 Å². The van der Waals surface area contributed by atoms with Crippen LogP contribution in [0.2, 0.25) is 0 Å². The van der Waals surface area contributed by atoms with Crippen molar-refractivity contribution in [3.05, 3.63) is 0 Å². The number of carboxylic acid groups (broad SMARTS) is 1. The molecule has 0 aromatic heterocycles. The summed E-state index contributed by atoms with van der Waals surface area (Å²) in [6.45, 7) is 0.421. The number of aliphatic hydroxyl groups is 1. The lowest BCUT2D eigenvalue weighted by atomic mass is 10.2. The molecule has 0 amide bonds. The van der Waals surface area contributed by atoms with Crippen LogP contribution in [0.3, 0.4) is 0 Å². The Balaban J connectivity index is 3.27. The van der Waals surface area contributed by atoms with Gasteiger partial charge in [0, 0.05) is 0 Å². The molecule has 4 N–H and O–H groups in total. The number of hydrogen-bond acceptors (Lipinski definition) is 3. The summed E-state index contributed by atoms with van der Waals surface area (Å²) in [5.74, 6) is -1.18. The van der Waals surface area contributed by atoms with E-state index < -0.39 is 12.1 Å². The first-order chi connectivity index (χ1) is 4.18. The minimum atomic E-state index is -1.24. The molecule has 0 saturated carbocycles. The lowest BCUT2D eigenvalue weighted by Gasteiger charge is -2.01. The van der Waals surface area contributed by atoms with Gasteiger partial charge in [0.25, 0.3) is 0 Å². The fourth-order valence-electron chi connectivity index (χ4n) is 0.435. The maximum Gasteiger partial charge on any atom is 0.332 e. The zero-order valence-corrected chi connectivity index (χ0v) is 5.08. The molecule has 0 heterocycles. The van der Waals surface area contributed by atoms with E-state index in [0.717, 1.165) is 0 Å². The highest BCUT2D eigenvalue weighted by Gasteiger charge is 2.10. The molecule has 0 rings (SSSR count). The van der Waals surface area contributed by atoms with Crippen LogP contribution in [0.15, 0.2) is 0 Å². The Morgan fingerprint density at radius 1 is 1.67 bits per heavy atom. The molecule has 0 spiro atoms. The van der Waals surface area contributed by atoms with Crippen LogP contribution in [-0.4, -0.2) is 28.8 Å². The normalized spacial score (nSPS) is 13.1. The molecule has 4 heteroatoms. The molecular weight excluding hydrogens is 122 g/mol. The third-order valence-electron chi connectivity index (χ3n) is 0.967. The molecule has 1 atom stereocenters. The number of nitrogens with two attached hydrogens (primary N) is 1. The Morgan fingerprint density at radius 2 is 2.22 bits per heavy atom. The molecule has 0 aromatic carbocycles. The molecule has 4 nitrogen and oxygen atoms in total. The van der Waals surface area contributed by atoms with Gasteiger partial charge in [-0.3, -0.25) is 0 Å². The first-order valence-electron chi connectivity index (χ1n) is 2.79. The quantitative estimate of drug-likeness (QED) is 0.467. The van der Waals surface area contributed by atoms with Gasteiger partial charge in [0.1, 0.15) is 0 Å². The van der Waals surface area contributed by atoms with E-state index in [9.17, 15) is 4.79 Å². The molecule has 0 bridgehead atoms. The van der Waals surface area contributed by atoms with Crippen LogP contribution in [0.5, 0.6) is 0 Å². The van der Waals surface area contributed by atoms with Crippen molar-refractivity contribution in [1.82, 2.24) is 0 Å². The summed E-state index contributed by atoms with van der Waals surface area (Å²) in [6, 6.07) is 0. The number of carbonyl (C=O) groups is 1. The zero-order chi connectivity index (χ0) is 7.28. The summed E-state index contributed by atoms with van der Waals surface area (Å²) in [5.41, 5.74) is 5.07. The van der Waals surface area contributed by atoms with Crippen LogP contribution in [0.1, 0.15) is 12.8 Å². The third kappa shape index (κ3) is 3.93. The van der Waals surface area contributed by atoms with E-state index in [-0.39, 0.29) is 6.42 Å². The van der Waals surface area contributed by atoms with Crippen LogP contribution < -0.4 is 5.73 Å². The molecule has 9 heavy (non-hydrogen) atoms. The Morgan fingerprint density at radius 3 is 2.56 bits per heavy atom. The van der Waals surface area contributed by atoms with Crippen molar-refractivity contribution in [3.8, 4) is 0 Å². The fraction of sp³-hybridized carbons (Fsp3) is 0.800. The van der Waals surface area contributed by atoms with Gasteiger partial charge in [-0.05, 0) is 19.4 Å². The van der Waals surface area contributed by atoms with Crippen molar-refractivity contribution in [3.63, 3.8) is 0 Å². The van der Waals surface area contributed by atoms with Gasteiger partial charge in [-0.25, -0.2) is 4.79 Å². The van der Waals surface area contributed by atoms with Gasteiger partial charge in [-0.1, -0.05) is 0 Å². The second-order valence-corrected chi connectivity index (χ2v) is 1.78. The number of carboxylic acids is 1. The van der Waals surface area contributed by atoms with E-state index in [1.54, 1.807) is 0 Å². The van der Waals surface area contributed by atoms with Crippen LogP contribution in [0.4, 0.5) is 0 Å². The highest BCUT2D eigenvalue weighted by Crippen LogP contribution is 1.93. The topological polar surface area (TPSA) is 83.5 Å². The fourth-order valence-corrected chi connectivity index (χ4v) is 0.435. The van der Waals surface area contributed by atoms with E-state index in [1.165, 1.54) is 0 Å². The zero-order valence-electron chi connectivity index (χ0n) is 5.08. The van der Waals surface area contributed by atoms with Crippen molar-refractivity contribution in [2.24, 2.45) is 5.73 Å². The summed E-state index contributed by atoms with van der Waals surface area (Å²) in [5, 5.41) is 16.7. The molecule has 0 saturated heterocycles. The van der Waals surface area contributed by atoms with Crippen LogP contribution in [-0.2, 0) is 4.79 Å². The van der Waals surface area contributed by atoms with Gasteiger partial charge < -0.3 is 15.9 Å². The van der Waals surface area contributed by atoms with E-state index in [2.05, 4.69) is 0 Å². The summed E-state index contributed by atoms with van der Waals surface area (Å²) in [6.07, 6.45) is -0.451. The van der Waals surface area contributed by atoms with Crippen LogP contribution in [0.25, 0.3) is 0 Å². The van der Waals surface area contributed by atoms with Gasteiger partial charge in [0.15, 0.2) is 6.10 Å². The number of rotatable bonds is 4. The van der Waals surface area contributed by atoms with Crippen LogP contribution in [0, 0.1) is 0 Å². The number of aliphatic carboxylic acids is 1. The maximum absolute atomic E-state index is 9.91. The summed E-state index contributed by atoms with van der Waals surface area (Å²) in [4.78, 5) is 9.91.